The summed E-state index contributed by atoms with van der Waals surface area (Å²) in [5.41, 5.74) is 18.9. The molecule has 0 bridgehead atoms. The normalized spacial score (nSPS) is 11.5. The molecule has 7 aromatic rings. The van der Waals surface area contributed by atoms with Gasteiger partial charge in [-0.1, -0.05) is 107 Å². The van der Waals surface area contributed by atoms with Crippen LogP contribution in [0.25, 0.3) is 65.7 Å². The van der Waals surface area contributed by atoms with Crippen LogP contribution >= 0.6 is 0 Å². The number of benzene rings is 7. The Balaban J connectivity index is 1.84. The highest BCUT2D eigenvalue weighted by molar-refractivity contribution is 6.71. The van der Waals surface area contributed by atoms with Gasteiger partial charge in [-0.05, 0) is 77.8 Å². The van der Waals surface area contributed by atoms with Crippen LogP contribution in [-0.2, 0) is 0 Å². The molecule has 44 heavy (non-hydrogen) atoms. The van der Waals surface area contributed by atoms with Gasteiger partial charge in [-0.25, -0.2) is 0 Å². The van der Waals surface area contributed by atoms with Crippen LogP contribution in [0.1, 0.15) is 0 Å². The average Bonchev–Trinajstić information content (AvgIpc) is 3.07. The number of fused-ring (bicyclic) bond motifs is 3. The van der Waals surface area contributed by atoms with Gasteiger partial charge in [-0.15, -0.1) is 21.9 Å². The van der Waals surface area contributed by atoms with Crippen molar-refractivity contribution in [3.05, 3.63) is 97.1 Å². The van der Waals surface area contributed by atoms with Gasteiger partial charge in [-0.2, -0.15) is 0 Å². The molecule has 0 radical (unpaired) electrons. The average molecular weight is 551 g/mol. The van der Waals surface area contributed by atoms with Crippen molar-refractivity contribution in [2.45, 2.75) is 0 Å². The summed E-state index contributed by atoms with van der Waals surface area (Å²) in [5.74, 6) is 0. The molecule has 0 aliphatic rings. The van der Waals surface area contributed by atoms with E-state index in [0.717, 1.165) is 0 Å². The molecule has 0 aliphatic heterocycles. The van der Waals surface area contributed by atoms with Gasteiger partial charge in [0.2, 0.25) is 0 Å². The molecule has 0 heterocycles. The Hall–Kier alpha value is -4.16. The van der Waals surface area contributed by atoms with Crippen LogP contribution in [0.3, 0.4) is 0 Å². The predicted molar refractivity (Wildman–Crippen MR) is 221 cm³/mol. The molecule has 0 fully saturated rings. The third kappa shape index (κ3) is 4.18. The fraction of sp³-hybridized carbons (Fsp3) is 0. The van der Waals surface area contributed by atoms with E-state index in [9.17, 15) is 0 Å². The number of hydrogen-bond donors (Lipinski definition) is 0. The lowest BCUT2D eigenvalue weighted by molar-refractivity contribution is 1.64. The third-order valence-corrected chi connectivity index (χ3v) is 10.7. The predicted octanol–water partition coefficient (Wildman–Crippen LogP) is -3.79. The third-order valence-electron chi connectivity index (χ3n) is 10.7. The molecule has 7 rings (SSSR count). The van der Waals surface area contributed by atoms with E-state index in [1.807, 2.05) is 0 Å². The maximum atomic E-state index is 2.46. The molecule has 0 spiro atoms. The summed E-state index contributed by atoms with van der Waals surface area (Å²) in [6.45, 7) is 0. The van der Waals surface area contributed by atoms with Crippen LogP contribution in [0.4, 0.5) is 0 Å². The number of hydrogen-bond acceptors (Lipinski definition) is 0. The molecule has 0 aliphatic carbocycles. The van der Waals surface area contributed by atoms with Gasteiger partial charge in [0.15, 0.2) is 0 Å². The molecule has 0 atom stereocenters. The molecule has 8 heteroatoms. The van der Waals surface area contributed by atoms with Crippen molar-refractivity contribution in [3.8, 4) is 33.4 Å². The van der Waals surface area contributed by atoms with E-state index in [2.05, 4.69) is 160 Å². The van der Waals surface area contributed by atoms with E-state index in [0.29, 0.717) is 0 Å². The van der Waals surface area contributed by atoms with Crippen molar-refractivity contribution in [2.24, 2.45) is 0 Å². The fourth-order valence-electron chi connectivity index (χ4n) is 7.60. The van der Waals surface area contributed by atoms with Crippen molar-refractivity contribution < 1.29 is 0 Å². The lowest BCUT2D eigenvalue weighted by Crippen LogP contribution is -2.50. The van der Waals surface area contributed by atoms with Gasteiger partial charge in [0.25, 0.3) is 0 Å². The molecule has 200 valence electrons. The van der Waals surface area contributed by atoms with E-state index < -0.39 is 0 Å². The van der Waals surface area contributed by atoms with Crippen molar-refractivity contribution >= 4 is 139 Å². The maximum Gasteiger partial charge on any atom is 0.139 e. The quantitative estimate of drug-likeness (QED) is 0.156. The molecular weight excluding hydrogens is 519 g/mol. The molecule has 0 aromatic heterocycles. The Bertz CT molecular complexity index is 2210. The molecule has 7 aromatic carbocycles. The highest BCUT2D eigenvalue weighted by Crippen LogP contribution is 2.43. The fourth-order valence-corrected chi connectivity index (χ4v) is 7.60. The van der Waals surface area contributed by atoms with Gasteiger partial charge >= 0.3 is 0 Å². The lowest BCUT2D eigenvalue weighted by Gasteiger charge is -2.28. The van der Waals surface area contributed by atoms with Crippen molar-refractivity contribution in [2.75, 3.05) is 0 Å². The zero-order valence-corrected chi connectivity index (χ0v) is 27.2. The highest BCUT2D eigenvalue weighted by atomic mass is 14.3. The van der Waals surface area contributed by atoms with Crippen molar-refractivity contribution in [3.63, 3.8) is 0 Å². The number of rotatable bonds is 3. The van der Waals surface area contributed by atoms with Gasteiger partial charge in [0.1, 0.15) is 62.8 Å². The Morgan fingerprint density at radius 1 is 0.318 bits per heavy atom. The Morgan fingerprint density at radius 2 is 0.727 bits per heavy atom. The smallest absolute Gasteiger partial charge is 0.101 e. The Kier molecular flexibility index (Phi) is 7.00. The largest absolute Gasteiger partial charge is 0.139 e. The molecule has 0 unspecified atom stereocenters. The van der Waals surface area contributed by atoms with Crippen molar-refractivity contribution in [1.29, 1.82) is 0 Å². The Labute approximate surface area is 268 Å². The summed E-state index contributed by atoms with van der Waals surface area (Å²) >= 11 is 0. The van der Waals surface area contributed by atoms with Crippen LogP contribution in [0, 0.1) is 0 Å². The van der Waals surface area contributed by atoms with Crippen molar-refractivity contribution in [1.82, 2.24) is 0 Å². The highest BCUT2D eigenvalue weighted by Gasteiger charge is 2.25. The van der Waals surface area contributed by atoms with Crippen LogP contribution in [0.2, 0.25) is 0 Å². The molecule has 0 nitrogen and oxygen atoms in total. The minimum atomic E-state index is 1.24. The first kappa shape index (κ1) is 28.6. The molecule has 0 saturated carbocycles. The maximum absolute atomic E-state index is 2.46. The van der Waals surface area contributed by atoms with E-state index in [-0.39, 0.29) is 0 Å². The van der Waals surface area contributed by atoms with Crippen LogP contribution < -0.4 is 43.7 Å². The second kappa shape index (κ2) is 10.8. The SMILES string of the molecule is Bc1c(B)c(B)c2c(-c3cc(-c4ccccc4)cc4ccccc34)c3c(B)c(B)c(B)c(B)c3c(-c3ccccc3)c2c1B. The summed E-state index contributed by atoms with van der Waals surface area (Å²) in [7, 11) is 18.6. The summed E-state index contributed by atoms with van der Waals surface area (Å²) in [6, 6.07) is 35.7. The van der Waals surface area contributed by atoms with Gasteiger partial charge in [0.05, 0.1) is 0 Å². The van der Waals surface area contributed by atoms with Crippen LogP contribution in [-0.4, -0.2) is 62.8 Å². The first-order chi connectivity index (χ1) is 21.2. The molecule has 0 saturated heterocycles. The first-order valence-corrected chi connectivity index (χ1v) is 15.8. The van der Waals surface area contributed by atoms with E-state index in [1.165, 1.54) is 109 Å². The Morgan fingerprint density at radius 3 is 1.23 bits per heavy atom. The zero-order valence-electron chi connectivity index (χ0n) is 27.2. The van der Waals surface area contributed by atoms with E-state index >= 15 is 0 Å². The molecule has 0 amide bonds. The lowest BCUT2D eigenvalue weighted by atomic mass is 9.59. The van der Waals surface area contributed by atoms with Gasteiger partial charge in [-0.3, -0.25) is 0 Å². The summed E-state index contributed by atoms with van der Waals surface area (Å²) in [4.78, 5) is 0. The molecular formula is C36H32B8. The molecule has 0 N–H and O–H groups in total. The minimum absolute atomic E-state index is 1.24. The van der Waals surface area contributed by atoms with E-state index in [4.69, 9.17) is 0 Å². The van der Waals surface area contributed by atoms with Gasteiger partial charge < -0.3 is 0 Å². The minimum Gasteiger partial charge on any atom is -0.101 e. The second-order valence-corrected chi connectivity index (χ2v) is 12.7. The van der Waals surface area contributed by atoms with E-state index in [1.54, 1.807) is 0 Å². The summed E-state index contributed by atoms with van der Waals surface area (Å²) in [5, 5.41) is 8.12. The monoisotopic (exact) mass is 552 g/mol. The van der Waals surface area contributed by atoms with Crippen LogP contribution in [0.5, 0.6) is 0 Å². The summed E-state index contributed by atoms with van der Waals surface area (Å²) < 4.78 is 0. The summed E-state index contributed by atoms with van der Waals surface area (Å²) in [6.07, 6.45) is 0. The zero-order chi connectivity index (χ0) is 30.9. The first-order valence-electron chi connectivity index (χ1n) is 15.8. The topological polar surface area (TPSA) is 0 Å². The second-order valence-electron chi connectivity index (χ2n) is 12.7. The standard InChI is InChI=1S/C36H32B8/c37-29-25-23(18-11-5-2-6-12-18)26-28(32(40)36(44)34(42)30(26)38)24(27(25)31(39)35(43)33(29)41)22-16-20(17-9-3-1-4-10-17)15-19-13-7-8-14-21(19)22/h1-16H,37-44H2. The van der Waals surface area contributed by atoms with Crippen LogP contribution in [0.15, 0.2) is 97.1 Å². The van der Waals surface area contributed by atoms with Gasteiger partial charge in [0, 0.05) is 0 Å².